The molecule has 0 saturated heterocycles. The predicted octanol–water partition coefficient (Wildman–Crippen LogP) is 1.49. The Hall–Kier alpha value is -2.70. The number of anilines is 1. The van der Waals surface area contributed by atoms with E-state index in [9.17, 15) is 9.59 Å². The van der Waals surface area contributed by atoms with Crippen LogP contribution in [0.25, 0.3) is 0 Å². The summed E-state index contributed by atoms with van der Waals surface area (Å²) < 4.78 is 1.47. The minimum absolute atomic E-state index is 0.0494. The normalized spacial score (nSPS) is 12.2. The van der Waals surface area contributed by atoms with Gasteiger partial charge in [-0.2, -0.15) is 10.1 Å². The SMILES string of the molecule is CC(C)CC(=O)NC(C)c1nn(Cc2ccccc2)c(N)nc1=O. The van der Waals surface area contributed by atoms with Crippen molar-refractivity contribution in [2.45, 2.75) is 39.8 Å². The van der Waals surface area contributed by atoms with Crippen LogP contribution in [0.4, 0.5) is 5.95 Å². The molecule has 1 atom stereocenters. The second kappa shape index (κ2) is 7.72. The molecule has 2 aromatic rings. The molecule has 128 valence electrons. The fourth-order valence-electron chi connectivity index (χ4n) is 2.33. The van der Waals surface area contributed by atoms with Crippen molar-refractivity contribution in [1.29, 1.82) is 0 Å². The number of nitrogens with zero attached hydrogens (tertiary/aromatic N) is 3. The van der Waals surface area contributed by atoms with Gasteiger partial charge in [-0.15, -0.1) is 0 Å². The van der Waals surface area contributed by atoms with E-state index >= 15 is 0 Å². The van der Waals surface area contributed by atoms with E-state index in [2.05, 4.69) is 15.4 Å². The molecule has 7 nitrogen and oxygen atoms in total. The maximum Gasteiger partial charge on any atom is 0.298 e. The van der Waals surface area contributed by atoms with Crippen molar-refractivity contribution in [3.63, 3.8) is 0 Å². The Morgan fingerprint density at radius 1 is 1.25 bits per heavy atom. The third-order valence-electron chi connectivity index (χ3n) is 3.48. The van der Waals surface area contributed by atoms with Gasteiger partial charge in [-0.3, -0.25) is 9.59 Å². The molecule has 1 amide bonds. The monoisotopic (exact) mass is 329 g/mol. The van der Waals surface area contributed by atoms with Crippen LogP contribution < -0.4 is 16.6 Å². The van der Waals surface area contributed by atoms with Gasteiger partial charge in [0.05, 0.1) is 12.6 Å². The molecule has 0 saturated carbocycles. The molecule has 3 N–H and O–H groups in total. The highest BCUT2D eigenvalue weighted by molar-refractivity contribution is 5.76. The molecule has 7 heteroatoms. The van der Waals surface area contributed by atoms with Crippen LogP contribution >= 0.6 is 0 Å². The van der Waals surface area contributed by atoms with E-state index in [0.717, 1.165) is 5.56 Å². The number of amides is 1. The van der Waals surface area contributed by atoms with Crippen LogP contribution in [0.5, 0.6) is 0 Å². The first kappa shape index (κ1) is 17.7. The minimum atomic E-state index is -0.529. The van der Waals surface area contributed by atoms with Crippen molar-refractivity contribution in [3.05, 3.63) is 51.9 Å². The van der Waals surface area contributed by atoms with E-state index < -0.39 is 11.6 Å². The molecule has 0 aliphatic heterocycles. The summed E-state index contributed by atoms with van der Waals surface area (Å²) in [5, 5.41) is 7.08. The highest BCUT2D eigenvalue weighted by atomic mass is 16.2. The molecule has 0 radical (unpaired) electrons. The molecule has 1 aromatic heterocycles. The third kappa shape index (κ3) is 4.65. The molecule has 2 rings (SSSR count). The number of hydrogen-bond donors (Lipinski definition) is 2. The Morgan fingerprint density at radius 2 is 1.92 bits per heavy atom. The van der Waals surface area contributed by atoms with Crippen molar-refractivity contribution in [3.8, 4) is 0 Å². The summed E-state index contributed by atoms with van der Waals surface area (Å²) in [4.78, 5) is 27.8. The van der Waals surface area contributed by atoms with Gasteiger partial charge in [0, 0.05) is 6.42 Å². The molecule has 0 aliphatic rings. The maximum absolute atomic E-state index is 12.1. The number of rotatable bonds is 6. The highest BCUT2D eigenvalue weighted by Gasteiger charge is 2.18. The Labute approximate surface area is 140 Å². The summed E-state index contributed by atoms with van der Waals surface area (Å²) in [6.45, 7) is 6.03. The first-order chi connectivity index (χ1) is 11.4. The maximum atomic E-state index is 12.1. The fraction of sp³-hybridized carbons (Fsp3) is 0.412. The average molecular weight is 329 g/mol. The van der Waals surface area contributed by atoms with E-state index in [1.165, 1.54) is 4.68 Å². The van der Waals surface area contributed by atoms with Crippen LogP contribution in [-0.2, 0) is 11.3 Å². The lowest BCUT2D eigenvalue weighted by Crippen LogP contribution is -2.34. The van der Waals surface area contributed by atoms with Crippen molar-refractivity contribution >= 4 is 11.9 Å². The van der Waals surface area contributed by atoms with Crippen molar-refractivity contribution in [2.75, 3.05) is 5.73 Å². The second-order valence-electron chi connectivity index (χ2n) is 6.19. The van der Waals surface area contributed by atoms with Gasteiger partial charge in [0.25, 0.3) is 5.56 Å². The number of carbonyl (C=O) groups excluding carboxylic acids is 1. The fourth-order valence-corrected chi connectivity index (χ4v) is 2.33. The number of nitrogens with two attached hydrogens (primary N) is 1. The van der Waals surface area contributed by atoms with Crippen LogP contribution in [-0.4, -0.2) is 20.7 Å². The molecule has 1 unspecified atom stereocenters. The third-order valence-corrected chi connectivity index (χ3v) is 3.48. The number of carbonyl (C=O) groups is 1. The first-order valence-electron chi connectivity index (χ1n) is 7.94. The topological polar surface area (TPSA) is 103 Å². The summed E-state index contributed by atoms with van der Waals surface area (Å²) in [5.41, 5.74) is 6.46. The van der Waals surface area contributed by atoms with Crippen molar-refractivity contribution < 1.29 is 4.79 Å². The van der Waals surface area contributed by atoms with Crippen LogP contribution in [0.15, 0.2) is 35.1 Å². The zero-order valence-electron chi connectivity index (χ0n) is 14.2. The molecule has 0 aliphatic carbocycles. The Morgan fingerprint density at radius 3 is 2.54 bits per heavy atom. The molecule has 0 fully saturated rings. The van der Waals surface area contributed by atoms with Gasteiger partial charge < -0.3 is 11.1 Å². The van der Waals surface area contributed by atoms with E-state index in [1.807, 2.05) is 44.2 Å². The van der Waals surface area contributed by atoms with Crippen LogP contribution in [0.2, 0.25) is 0 Å². The van der Waals surface area contributed by atoms with Crippen LogP contribution in [0.3, 0.4) is 0 Å². The smallest absolute Gasteiger partial charge is 0.298 e. The summed E-state index contributed by atoms with van der Waals surface area (Å²) in [6.07, 6.45) is 0.394. The molecule has 1 aromatic carbocycles. The lowest BCUT2D eigenvalue weighted by Gasteiger charge is -2.16. The van der Waals surface area contributed by atoms with E-state index in [-0.39, 0.29) is 23.5 Å². The predicted molar refractivity (Wildman–Crippen MR) is 92.3 cm³/mol. The molecule has 0 bridgehead atoms. The van der Waals surface area contributed by atoms with Gasteiger partial charge in [-0.25, -0.2) is 4.68 Å². The second-order valence-corrected chi connectivity index (χ2v) is 6.19. The molecule has 24 heavy (non-hydrogen) atoms. The van der Waals surface area contributed by atoms with Gasteiger partial charge in [0.2, 0.25) is 11.9 Å². The van der Waals surface area contributed by atoms with Crippen LogP contribution in [0.1, 0.15) is 44.5 Å². The summed E-state index contributed by atoms with van der Waals surface area (Å²) in [5.74, 6) is 0.169. The number of benzene rings is 1. The molecule has 0 spiro atoms. The highest BCUT2D eigenvalue weighted by Crippen LogP contribution is 2.09. The molecular weight excluding hydrogens is 306 g/mol. The lowest BCUT2D eigenvalue weighted by atomic mass is 10.1. The molecular formula is C17H23N5O2. The summed E-state index contributed by atoms with van der Waals surface area (Å²) >= 11 is 0. The minimum Gasteiger partial charge on any atom is -0.368 e. The number of nitrogen functional groups attached to an aromatic ring is 1. The first-order valence-corrected chi connectivity index (χ1v) is 7.94. The summed E-state index contributed by atoms with van der Waals surface area (Å²) in [6, 6.07) is 9.09. The van der Waals surface area contributed by atoms with Gasteiger partial charge >= 0.3 is 0 Å². The van der Waals surface area contributed by atoms with Gasteiger partial charge in [0.1, 0.15) is 0 Å². The summed E-state index contributed by atoms with van der Waals surface area (Å²) in [7, 11) is 0. The lowest BCUT2D eigenvalue weighted by molar-refractivity contribution is -0.122. The van der Waals surface area contributed by atoms with E-state index in [4.69, 9.17) is 5.73 Å². The van der Waals surface area contributed by atoms with Gasteiger partial charge in [-0.1, -0.05) is 44.2 Å². The molecule has 1 heterocycles. The Balaban J connectivity index is 2.22. The van der Waals surface area contributed by atoms with Gasteiger partial charge in [-0.05, 0) is 18.4 Å². The van der Waals surface area contributed by atoms with E-state index in [1.54, 1.807) is 6.92 Å². The Bertz CT molecular complexity index is 755. The quantitative estimate of drug-likeness (QED) is 0.836. The number of hydrogen-bond acceptors (Lipinski definition) is 5. The van der Waals surface area contributed by atoms with Crippen LogP contribution in [0, 0.1) is 5.92 Å². The number of aromatic nitrogens is 3. The van der Waals surface area contributed by atoms with E-state index in [0.29, 0.717) is 13.0 Å². The van der Waals surface area contributed by atoms with Crippen molar-refractivity contribution in [2.24, 2.45) is 5.92 Å². The zero-order chi connectivity index (χ0) is 17.7. The Kier molecular flexibility index (Phi) is 5.68. The standard InChI is InChI=1S/C17H23N5O2/c1-11(2)9-14(23)19-12(3)15-16(24)20-17(18)22(21-15)10-13-7-5-4-6-8-13/h4-8,11-12H,9-10H2,1-3H3,(H,19,23)(H2,18,20,24). The zero-order valence-corrected chi connectivity index (χ0v) is 14.2. The number of nitrogens with one attached hydrogen (secondary N) is 1. The average Bonchev–Trinajstić information content (AvgIpc) is 2.50. The largest absolute Gasteiger partial charge is 0.368 e. The van der Waals surface area contributed by atoms with Gasteiger partial charge in [0.15, 0.2) is 5.69 Å². The van der Waals surface area contributed by atoms with Crippen molar-refractivity contribution in [1.82, 2.24) is 20.1 Å².